The number of rotatable bonds is 2. The fourth-order valence-corrected chi connectivity index (χ4v) is 4.22. The van der Waals surface area contributed by atoms with Gasteiger partial charge >= 0.3 is 11.9 Å². The van der Waals surface area contributed by atoms with Crippen LogP contribution in [0.4, 0.5) is 0 Å². The van der Waals surface area contributed by atoms with E-state index in [1.54, 1.807) is 0 Å². The molecule has 31 heavy (non-hydrogen) atoms. The van der Waals surface area contributed by atoms with Crippen molar-refractivity contribution in [3.63, 3.8) is 0 Å². The van der Waals surface area contributed by atoms with E-state index in [-0.39, 0.29) is 0 Å². The second-order valence-corrected chi connectivity index (χ2v) is 7.74. The fraction of sp³-hybridized carbons (Fsp3) is 0.111. The summed E-state index contributed by atoms with van der Waals surface area (Å²) in [6, 6.07) is 16.4. The summed E-state index contributed by atoms with van der Waals surface area (Å²) in [7, 11) is 0. The molecule has 3 aromatic rings. The van der Waals surface area contributed by atoms with Gasteiger partial charge in [0.05, 0.1) is 0 Å². The third-order valence-corrected chi connectivity index (χ3v) is 5.49. The van der Waals surface area contributed by atoms with E-state index in [0.29, 0.717) is 17.9 Å². The summed E-state index contributed by atoms with van der Waals surface area (Å²) in [5.74, 6) is 0.208. The number of allylic oxidation sites excluding steroid dienone is 6. The second kappa shape index (κ2) is 7.40. The molecule has 0 saturated carbocycles. The first-order valence-electron chi connectivity index (χ1n) is 10.1. The van der Waals surface area contributed by atoms with Gasteiger partial charge in [-0.1, -0.05) is 48.6 Å². The van der Waals surface area contributed by atoms with Crippen molar-refractivity contribution >= 4 is 45.0 Å². The largest absolute Gasteiger partial charge is 0.426 e. The molecule has 0 fully saturated rings. The van der Waals surface area contributed by atoms with Gasteiger partial charge in [0.15, 0.2) is 0 Å². The van der Waals surface area contributed by atoms with E-state index >= 15 is 0 Å². The van der Waals surface area contributed by atoms with Crippen LogP contribution in [-0.2, 0) is 19.1 Å². The van der Waals surface area contributed by atoms with Gasteiger partial charge < -0.3 is 9.47 Å². The van der Waals surface area contributed by atoms with E-state index in [1.165, 1.54) is 13.8 Å². The maximum Gasteiger partial charge on any atom is 0.308 e. The molecular weight excluding hydrogens is 388 g/mol. The predicted octanol–water partition coefficient (Wildman–Crippen LogP) is 6.07. The molecule has 2 aliphatic rings. The lowest BCUT2D eigenvalue weighted by Gasteiger charge is -2.16. The standard InChI is InChI=1S/C27H20O4/c1-16(28)30-26-20-9-5-6-10-21(13-20)27(31-17(2)29)25-15-23-12-19-8-4-3-7-18(19)11-22(23)14-24(25)26/h3-12,14-15H,13H2,1-2H3. The van der Waals surface area contributed by atoms with Crippen molar-refractivity contribution in [1.29, 1.82) is 0 Å². The van der Waals surface area contributed by atoms with Gasteiger partial charge in [0.1, 0.15) is 11.5 Å². The molecule has 2 bridgehead atoms. The quantitative estimate of drug-likeness (QED) is 0.381. The van der Waals surface area contributed by atoms with Crippen molar-refractivity contribution in [2.75, 3.05) is 0 Å². The summed E-state index contributed by atoms with van der Waals surface area (Å²) in [6.07, 6.45) is 8.17. The van der Waals surface area contributed by atoms with Crippen LogP contribution in [0.25, 0.3) is 33.1 Å². The van der Waals surface area contributed by atoms with E-state index < -0.39 is 11.9 Å². The highest BCUT2D eigenvalue weighted by Gasteiger charge is 2.27. The Morgan fingerprint density at radius 3 is 1.55 bits per heavy atom. The lowest BCUT2D eigenvalue weighted by Crippen LogP contribution is -2.05. The van der Waals surface area contributed by atoms with E-state index in [1.807, 2.05) is 48.6 Å². The number of esters is 2. The molecule has 5 rings (SSSR count). The predicted molar refractivity (Wildman–Crippen MR) is 122 cm³/mol. The van der Waals surface area contributed by atoms with Gasteiger partial charge in [-0.05, 0) is 45.8 Å². The molecule has 0 aromatic heterocycles. The maximum atomic E-state index is 12.0. The van der Waals surface area contributed by atoms with E-state index in [0.717, 1.165) is 43.8 Å². The average Bonchev–Trinajstić information content (AvgIpc) is 3.04. The first-order valence-corrected chi connectivity index (χ1v) is 10.1. The number of carbonyl (C=O) groups excluding carboxylic acids is 2. The Morgan fingerprint density at radius 2 is 1.13 bits per heavy atom. The number of carbonyl (C=O) groups is 2. The molecule has 0 radical (unpaired) electrons. The SMILES string of the molecule is CC(=O)OC1=C2C=CC=CC(=C(OC(C)=O)c3cc4cc5ccccc5cc4cc31)C2. The number of benzene rings is 3. The van der Waals surface area contributed by atoms with Crippen LogP contribution in [0, 0.1) is 0 Å². The zero-order valence-electron chi connectivity index (χ0n) is 17.3. The van der Waals surface area contributed by atoms with Gasteiger partial charge in [0.25, 0.3) is 0 Å². The Labute approximate surface area is 179 Å². The fourth-order valence-electron chi connectivity index (χ4n) is 4.22. The van der Waals surface area contributed by atoms with Crippen LogP contribution in [-0.4, -0.2) is 11.9 Å². The molecule has 0 heterocycles. The summed E-state index contributed by atoms with van der Waals surface area (Å²) < 4.78 is 11.4. The van der Waals surface area contributed by atoms with Crippen LogP contribution in [0.15, 0.2) is 84.0 Å². The molecule has 152 valence electrons. The van der Waals surface area contributed by atoms with Gasteiger partial charge in [-0.25, -0.2) is 0 Å². The molecule has 0 unspecified atom stereocenters. The molecule has 0 spiro atoms. The minimum absolute atomic E-state index is 0.393. The van der Waals surface area contributed by atoms with E-state index in [9.17, 15) is 9.59 Å². The molecule has 0 aliphatic heterocycles. The van der Waals surface area contributed by atoms with Gasteiger partial charge in [-0.15, -0.1) is 0 Å². The third-order valence-electron chi connectivity index (χ3n) is 5.49. The zero-order valence-corrected chi connectivity index (χ0v) is 17.3. The van der Waals surface area contributed by atoms with Crippen LogP contribution >= 0.6 is 0 Å². The van der Waals surface area contributed by atoms with Crippen molar-refractivity contribution in [1.82, 2.24) is 0 Å². The lowest BCUT2D eigenvalue weighted by atomic mass is 9.95. The smallest absolute Gasteiger partial charge is 0.308 e. The molecule has 0 saturated heterocycles. The van der Waals surface area contributed by atoms with Crippen LogP contribution < -0.4 is 0 Å². The highest BCUT2D eigenvalue weighted by molar-refractivity contribution is 6.02. The molecule has 2 aliphatic carbocycles. The molecule has 4 heteroatoms. The van der Waals surface area contributed by atoms with Crippen molar-refractivity contribution in [2.45, 2.75) is 20.3 Å². The van der Waals surface area contributed by atoms with Crippen LogP contribution in [0.2, 0.25) is 0 Å². The molecular formula is C27H20O4. The first kappa shape index (κ1) is 19.1. The van der Waals surface area contributed by atoms with Gasteiger partial charge in [0, 0.05) is 42.5 Å². The average molecular weight is 408 g/mol. The topological polar surface area (TPSA) is 52.6 Å². The Bertz CT molecular complexity index is 1290. The molecule has 0 N–H and O–H groups in total. The minimum Gasteiger partial charge on any atom is -0.426 e. The Hall–Kier alpha value is -3.92. The van der Waals surface area contributed by atoms with E-state index in [2.05, 4.69) is 24.3 Å². The summed E-state index contributed by atoms with van der Waals surface area (Å²) in [6.45, 7) is 2.79. The normalized spacial score (nSPS) is 15.0. The van der Waals surface area contributed by atoms with Crippen LogP contribution in [0.5, 0.6) is 0 Å². The summed E-state index contributed by atoms with van der Waals surface area (Å²) >= 11 is 0. The Kier molecular flexibility index (Phi) is 4.55. The maximum absolute atomic E-state index is 12.0. The van der Waals surface area contributed by atoms with Crippen molar-refractivity contribution < 1.29 is 19.1 Å². The Morgan fingerprint density at radius 1 is 0.677 bits per heavy atom. The second-order valence-electron chi connectivity index (χ2n) is 7.74. The molecule has 4 nitrogen and oxygen atoms in total. The number of hydrogen-bond acceptors (Lipinski definition) is 4. The summed E-state index contributed by atoms with van der Waals surface area (Å²) in [5.41, 5.74) is 3.19. The molecule has 0 atom stereocenters. The van der Waals surface area contributed by atoms with E-state index in [4.69, 9.17) is 9.47 Å². The Balaban J connectivity index is 1.88. The molecule has 3 aromatic carbocycles. The summed E-state index contributed by atoms with van der Waals surface area (Å²) in [4.78, 5) is 24.0. The van der Waals surface area contributed by atoms with Gasteiger partial charge in [-0.3, -0.25) is 9.59 Å². The first-order chi connectivity index (χ1) is 15.0. The van der Waals surface area contributed by atoms with Crippen LogP contribution in [0.1, 0.15) is 31.4 Å². The van der Waals surface area contributed by atoms with Crippen molar-refractivity contribution in [3.05, 3.63) is 95.1 Å². The highest BCUT2D eigenvalue weighted by atomic mass is 16.5. The monoisotopic (exact) mass is 408 g/mol. The minimum atomic E-state index is -0.393. The lowest BCUT2D eigenvalue weighted by molar-refractivity contribution is -0.135. The summed E-state index contributed by atoms with van der Waals surface area (Å²) in [5, 5.41) is 4.29. The highest BCUT2D eigenvalue weighted by Crippen LogP contribution is 2.42. The molecule has 0 amide bonds. The van der Waals surface area contributed by atoms with Crippen molar-refractivity contribution in [2.24, 2.45) is 0 Å². The number of ether oxygens (including phenoxy) is 2. The number of fused-ring (bicyclic) bond motifs is 5. The van der Waals surface area contributed by atoms with Gasteiger partial charge in [0.2, 0.25) is 0 Å². The third kappa shape index (κ3) is 3.46. The zero-order chi connectivity index (χ0) is 21.5. The van der Waals surface area contributed by atoms with Gasteiger partial charge in [-0.2, -0.15) is 0 Å². The van der Waals surface area contributed by atoms with Crippen molar-refractivity contribution in [3.8, 4) is 0 Å². The van der Waals surface area contributed by atoms with Crippen LogP contribution in [0.3, 0.4) is 0 Å². The number of hydrogen-bond donors (Lipinski definition) is 0.